The van der Waals surface area contributed by atoms with E-state index in [0.717, 1.165) is 17.7 Å². The quantitative estimate of drug-likeness (QED) is 0.939. The number of hydrogen-bond donors (Lipinski definition) is 1. The Hall–Kier alpha value is -1.94. The summed E-state index contributed by atoms with van der Waals surface area (Å²) in [6.07, 6.45) is 3.83. The topological polar surface area (TPSA) is 54.9 Å². The molecule has 0 radical (unpaired) electrons. The number of halogens is 1. The van der Waals surface area contributed by atoms with E-state index >= 15 is 0 Å². The standard InChI is InChI=1S/C15H16ClN3O/c1-3-13(11-5-4-6-12(16)7-11)19-15(20)14-9-17-10(2)8-18-14/h4-9,13H,3H2,1-2H3,(H,19,20). The molecule has 2 rings (SSSR count). The second-order valence-corrected chi connectivity index (χ2v) is 4.97. The highest BCUT2D eigenvalue weighted by molar-refractivity contribution is 6.30. The third-order valence-electron chi connectivity index (χ3n) is 2.98. The van der Waals surface area contributed by atoms with E-state index in [1.807, 2.05) is 38.1 Å². The van der Waals surface area contributed by atoms with Gasteiger partial charge in [-0.2, -0.15) is 0 Å². The van der Waals surface area contributed by atoms with Crippen LogP contribution in [-0.2, 0) is 0 Å². The Morgan fingerprint density at radius 1 is 1.35 bits per heavy atom. The summed E-state index contributed by atoms with van der Waals surface area (Å²) in [7, 11) is 0. The van der Waals surface area contributed by atoms with E-state index in [2.05, 4.69) is 15.3 Å². The zero-order valence-corrected chi connectivity index (χ0v) is 12.2. The van der Waals surface area contributed by atoms with Crippen LogP contribution >= 0.6 is 11.6 Å². The number of nitrogens with zero attached hydrogens (tertiary/aromatic N) is 2. The molecule has 0 aliphatic rings. The number of benzene rings is 1. The second-order valence-electron chi connectivity index (χ2n) is 4.53. The van der Waals surface area contributed by atoms with Crippen LogP contribution in [0.1, 0.15) is 41.1 Å². The molecule has 1 N–H and O–H groups in total. The van der Waals surface area contributed by atoms with Crippen LogP contribution in [-0.4, -0.2) is 15.9 Å². The molecule has 1 aromatic heterocycles. The summed E-state index contributed by atoms with van der Waals surface area (Å²) in [5, 5.41) is 3.60. The van der Waals surface area contributed by atoms with Crippen molar-refractivity contribution in [3.63, 3.8) is 0 Å². The minimum Gasteiger partial charge on any atom is -0.344 e. The van der Waals surface area contributed by atoms with Crippen molar-refractivity contribution in [3.8, 4) is 0 Å². The second kappa shape index (κ2) is 6.48. The van der Waals surface area contributed by atoms with Crippen molar-refractivity contribution in [2.24, 2.45) is 0 Å². The molecule has 20 heavy (non-hydrogen) atoms. The van der Waals surface area contributed by atoms with Gasteiger partial charge in [-0.1, -0.05) is 30.7 Å². The molecule has 2 aromatic rings. The number of hydrogen-bond acceptors (Lipinski definition) is 3. The molecule has 1 aromatic carbocycles. The fraction of sp³-hybridized carbons (Fsp3) is 0.267. The smallest absolute Gasteiger partial charge is 0.271 e. The molecule has 1 amide bonds. The molecule has 5 heteroatoms. The highest BCUT2D eigenvalue weighted by Crippen LogP contribution is 2.20. The van der Waals surface area contributed by atoms with E-state index < -0.39 is 0 Å². The predicted octanol–water partition coefficient (Wildman–Crippen LogP) is 3.32. The molecule has 1 atom stereocenters. The molecule has 0 aliphatic heterocycles. The average Bonchev–Trinajstić information content (AvgIpc) is 2.45. The molecule has 0 spiro atoms. The Kier molecular flexibility index (Phi) is 4.69. The molecule has 0 aliphatic carbocycles. The maximum atomic E-state index is 12.1. The maximum absolute atomic E-state index is 12.1. The molecule has 104 valence electrons. The van der Waals surface area contributed by atoms with Crippen LogP contribution in [0.5, 0.6) is 0 Å². The van der Waals surface area contributed by atoms with Gasteiger partial charge in [-0.25, -0.2) is 4.98 Å². The average molecular weight is 290 g/mol. The summed E-state index contributed by atoms with van der Waals surface area (Å²) < 4.78 is 0. The van der Waals surface area contributed by atoms with Crippen molar-refractivity contribution in [1.29, 1.82) is 0 Å². The van der Waals surface area contributed by atoms with E-state index in [9.17, 15) is 4.79 Å². The van der Waals surface area contributed by atoms with Crippen molar-refractivity contribution in [2.75, 3.05) is 0 Å². The maximum Gasteiger partial charge on any atom is 0.271 e. The zero-order valence-electron chi connectivity index (χ0n) is 11.4. The van der Waals surface area contributed by atoms with Crippen molar-refractivity contribution >= 4 is 17.5 Å². The molecular formula is C15H16ClN3O. The predicted molar refractivity (Wildman–Crippen MR) is 78.7 cm³/mol. The molecule has 1 heterocycles. The Bertz CT molecular complexity index is 598. The first-order chi connectivity index (χ1) is 9.60. The Balaban J connectivity index is 2.14. The number of carbonyl (C=O) groups is 1. The summed E-state index contributed by atoms with van der Waals surface area (Å²) in [5.74, 6) is -0.232. The van der Waals surface area contributed by atoms with E-state index in [-0.39, 0.29) is 11.9 Å². The first-order valence-electron chi connectivity index (χ1n) is 6.45. The van der Waals surface area contributed by atoms with Gasteiger partial charge in [0.2, 0.25) is 0 Å². The summed E-state index contributed by atoms with van der Waals surface area (Å²) >= 11 is 5.98. The van der Waals surface area contributed by atoms with Gasteiger partial charge in [-0.3, -0.25) is 9.78 Å². The molecule has 0 saturated carbocycles. The highest BCUT2D eigenvalue weighted by atomic mass is 35.5. The van der Waals surface area contributed by atoms with Crippen LogP contribution in [0, 0.1) is 6.92 Å². The van der Waals surface area contributed by atoms with Crippen molar-refractivity contribution in [2.45, 2.75) is 26.3 Å². The summed E-state index contributed by atoms with van der Waals surface area (Å²) in [5.41, 5.74) is 2.08. The molecule has 4 nitrogen and oxygen atoms in total. The number of aryl methyl sites for hydroxylation is 1. The van der Waals surface area contributed by atoms with Crippen LogP contribution in [0.4, 0.5) is 0 Å². The molecule has 0 saturated heterocycles. The van der Waals surface area contributed by atoms with Gasteiger partial charge in [0, 0.05) is 11.2 Å². The number of nitrogens with one attached hydrogen (secondary N) is 1. The number of carbonyl (C=O) groups excluding carboxylic acids is 1. The Morgan fingerprint density at radius 2 is 2.15 bits per heavy atom. The minimum absolute atomic E-state index is 0.0932. The fourth-order valence-electron chi connectivity index (χ4n) is 1.89. The molecular weight excluding hydrogens is 274 g/mol. The van der Waals surface area contributed by atoms with Crippen molar-refractivity contribution in [3.05, 3.63) is 58.6 Å². The third kappa shape index (κ3) is 3.54. The van der Waals surface area contributed by atoms with Gasteiger partial charge >= 0.3 is 0 Å². The van der Waals surface area contributed by atoms with Gasteiger partial charge in [-0.15, -0.1) is 0 Å². The monoisotopic (exact) mass is 289 g/mol. The van der Waals surface area contributed by atoms with Crippen molar-refractivity contribution < 1.29 is 4.79 Å². The van der Waals surface area contributed by atoms with Crippen LogP contribution in [0.15, 0.2) is 36.7 Å². The van der Waals surface area contributed by atoms with Crippen LogP contribution < -0.4 is 5.32 Å². The molecule has 0 fully saturated rings. The molecule has 1 unspecified atom stereocenters. The SMILES string of the molecule is CCC(NC(=O)c1cnc(C)cn1)c1cccc(Cl)c1. The van der Waals surface area contributed by atoms with Crippen LogP contribution in [0.2, 0.25) is 5.02 Å². The van der Waals surface area contributed by atoms with Crippen LogP contribution in [0.25, 0.3) is 0 Å². The van der Waals surface area contributed by atoms with Crippen molar-refractivity contribution in [1.82, 2.24) is 15.3 Å². The van der Waals surface area contributed by atoms with E-state index in [1.165, 1.54) is 6.20 Å². The van der Waals surface area contributed by atoms with Gasteiger partial charge in [0.05, 0.1) is 17.9 Å². The third-order valence-corrected chi connectivity index (χ3v) is 3.21. The Morgan fingerprint density at radius 3 is 2.75 bits per heavy atom. The first kappa shape index (κ1) is 14.5. The Labute approximate surface area is 123 Å². The summed E-state index contributed by atoms with van der Waals surface area (Å²) in [4.78, 5) is 20.3. The van der Waals surface area contributed by atoms with E-state index in [0.29, 0.717) is 10.7 Å². The lowest BCUT2D eigenvalue weighted by molar-refractivity contribution is 0.0930. The number of rotatable bonds is 4. The van der Waals surface area contributed by atoms with E-state index in [4.69, 9.17) is 11.6 Å². The van der Waals surface area contributed by atoms with Gasteiger partial charge in [0.15, 0.2) is 0 Å². The van der Waals surface area contributed by atoms with Crippen LogP contribution in [0.3, 0.4) is 0 Å². The minimum atomic E-state index is -0.232. The van der Waals surface area contributed by atoms with Gasteiger partial charge in [-0.05, 0) is 31.0 Å². The summed E-state index contributed by atoms with van der Waals surface area (Å²) in [6, 6.07) is 7.39. The van der Waals surface area contributed by atoms with Gasteiger partial charge in [0.25, 0.3) is 5.91 Å². The van der Waals surface area contributed by atoms with Gasteiger partial charge in [0.1, 0.15) is 5.69 Å². The first-order valence-corrected chi connectivity index (χ1v) is 6.83. The fourth-order valence-corrected chi connectivity index (χ4v) is 2.09. The highest BCUT2D eigenvalue weighted by Gasteiger charge is 2.15. The van der Waals surface area contributed by atoms with E-state index in [1.54, 1.807) is 6.20 Å². The lowest BCUT2D eigenvalue weighted by Gasteiger charge is -2.17. The molecule has 0 bridgehead atoms. The largest absolute Gasteiger partial charge is 0.344 e. The lowest BCUT2D eigenvalue weighted by atomic mass is 10.0. The van der Waals surface area contributed by atoms with Gasteiger partial charge < -0.3 is 5.32 Å². The lowest BCUT2D eigenvalue weighted by Crippen LogP contribution is -2.29. The zero-order chi connectivity index (χ0) is 14.5. The number of aromatic nitrogens is 2. The summed E-state index contributed by atoms with van der Waals surface area (Å²) in [6.45, 7) is 3.84. The normalized spacial score (nSPS) is 11.9. The number of amides is 1.